The summed E-state index contributed by atoms with van der Waals surface area (Å²) in [4.78, 5) is 79.7. The Labute approximate surface area is 450 Å². The van der Waals surface area contributed by atoms with E-state index in [0.29, 0.717) is 30.1 Å². The van der Waals surface area contributed by atoms with E-state index < -0.39 is 35.4 Å². The Bertz CT molecular complexity index is 2860. The summed E-state index contributed by atoms with van der Waals surface area (Å²) in [7, 11) is 0. The Morgan fingerprint density at radius 3 is 2.25 bits per heavy atom. The number of aliphatic hydroxyl groups excluding tert-OH is 1. The van der Waals surface area contributed by atoms with Crippen molar-refractivity contribution in [3.05, 3.63) is 122 Å². The second-order valence-corrected chi connectivity index (χ2v) is 21.7. The third-order valence-corrected chi connectivity index (χ3v) is 15.2. The number of hydrogen-bond donors (Lipinski definition) is 5. The summed E-state index contributed by atoms with van der Waals surface area (Å²) < 4.78 is 23.0. The van der Waals surface area contributed by atoms with Crippen molar-refractivity contribution in [1.29, 1.82) is 0 Å². The predicted molar refractivity (Wildman–Crippen MR) is 295 cm³/mol. The minimum atomic E-state index is -0.994. The lowest BCUT2D eigenvalue weighted by Crippen LogP contribution is -2.58. The average molecular weight is 1060 g/mol. The van der Waals surface area contributed by atoms with Crippen LogP contribution in [-0.4, -0.2) is 127 Å². The van der Waals surface area contributed by atoms with Gasteiger partial charge in [-0.2, -0.15) is 0 Å². The number of amides is 4. The molecule has 4 amide bonds. The fourth-order valence-electron chi connectivity index (χ4n) is 9.95. The van der Waals surface area contributed by atoms with Gasteiger partial charge in [-0.15, -0.1) is 11.3 Å². The Morgan fingerprint density at radius 1 is 0.908 bits per heavy atom. The summed E-state index contributed by atoms with van der Waals surface area (Å²) >= 11 is 1.57. The van der Waals surface area contributed by atoms with Crippen LogP contribution < -0.4 is 31.1 Å². The minimum Gasteiger partial charge on any atom is -0.491 e. The van der Waals surface area contributed by atoms with Gasteiger partial charge in [0.1, 0.15) is 31.0 Å². The second kappa shape index (κ2) is 26.1. The molecule has 5 aromatic rings. The van der Waals surface area contributed by atoms with E-state index in [1.54, 1.807) is 11.3 Å². The molecule has 4 atom stereocenters. The topological polar surface area (TPSA) is 214 Å². The van der Waals surface area contributed by atoms with Gasteiger partial charge in [-0.05, 0) is 124 Å². The molecule has 408 valence electrons. The van der Waals surface area contributed by atoms with Crippen LogP contribution in [0.5, 0.6) is 5.75 Å². The molecule has 76 heavy (non-hydrogen) atoms. The maximum atomic E-state index is 14.1. The van der Waals surface area contributed by atoms with E-state index in [9.17, 15) is 29.1 Å². The van der Waals surface area contributed by atoms with E-state index >= 15 is 0 Å². The van der Waals surface area contributed by atoms with E-state index in [-0.39, 0.29) is 82.0 Å². The van der Waals surface area contributed by atoms with Gasteiger partial charge in [-0.1, -0.05) is 57.2 Å². The number of hydrogen-bond acceptors (Lipinski definition) is 13. The van der Waals surface area contributed by atoms with E-state index in [1.807, 2.05) is 122 Å². The zero-order chi connectivity index (χ0) is 54.7. The molecule has 2 aromatic heterocycles. The highest BCUT2D eigenvalue weighted by atomic mass is 32.1. The molecule has 0 saturated carbocycles. The number of nitrogens with one attached hydrogen (secondary N) is 4. The van der Waals surface area contributed by atoms with Crippen molar-refractivity contribution in [2.45, 2.75) is 118 Å². The summed E-state index contributed by atoms with van der Waals surface area (Å²) in [6, 6.07) is 19.5. The number of benzene rings is 3. The molecule has 5 N–H and O–H groups in total. The van der Waals surface area contributed by atoms with Gasteiger partial charge in [0.15, 0.2) is 0 Å². The normalized spacial score (nSPS) is 16.7. The summed E-state index contributed by atoms with van der Waals surface area (Å²) in [6.45, 7) is 19.9. The molecule has 18 heteroatoms. The van der Waals surface area contributed by atoms with Crippen molar-refractivity contribution >= 4 is 40.7 Å². The molecule has 2 fully saturated rings. The molecule has 4 heterocycles. The summed E-state index contributed by atoms with van der Waals surface area (Å²) in [5, 5.41) is 19.5. The minimum absolute atomic E-state index is 0.0345. The quantitative estimate of drug-likeness (QED) is 0.0439. The molecule has 2 unspecified atom stereocenters. The smallest absolute Gasteiger partial charge is 0.253 e. The number of nitrogens with zero attached hydrogens (tertiary/aromatic N) is 3. The zero-order valence-electron chi connectivity index (χ0n) is 45.4. The molecule has 3 aromatic carbocycles. The molecule has 0 bridgehead atoms. The molecule has 0 spiro atoms. The Morgan fingerprint density at radius 2 is 1.59 bits per heavy atom. The molecular weight excluding hydrogens is 987 g/mol. The number of aliphatic hydroxyl groups is 1. The third-order valence-electron chi connectivity index (χ3n) is 14.2. The van der Waals surface area contributed by atoms with E-state index in [2.05, 4.69) is 43.8 Å². The number of β-amino-alcohol motifs (C(OH)–C–C–N with tert-alkyl or cyclic N) is 1. The van der Waals surface area contributed by atoms with Crippen LogP contribution in [0.25, 0.3) is 21.6 Å². The highest BCUT2D eigenvalue weighted by Crippen LogP contribution is 2.35. The SMILES string of the molecule is CCN(c1cc(-c2ccc(OCCOCCOCC(=O)NC(C(=O)N3C[C@H](O)C[C@H]3C(=O)NC(C)c3ccc(-c4scnc4C)cc3)C(C)(C)C)cc2)cc(C(=O)NCc2c(C)cc(C)[nH]c2=O)c1C)C1CCOCC1. The van der Waals surface area contributed by atoms with Crippen LogP contribution in [0.4, 0.5) is 5.69 Å². The van der Waals surface area contributed by atoms with Crippen LogP contribution >= 0.6 is 11.3 Å². The highest BCUT2D eigenvalue weighted by molar-refractivity contribution is 7.13. The van der Waals surface area contributed by atoms with Crippen molar-refractivity contribution in [1.82, 2.24) is 30.8 Å². The fourth-order valence-corrected chi connectivity index (χ4v) is 10.8. The number of aromatic amines is 1. The van der Waals surface area contributed by atoms with Crippen LogP contribution in [0.15, 0.2) is 77.0 Å². The molecule has 2 aliphatic heterocycles. The number of carbonyl (C=O) groups excluding carboxylic acids is 4. The first kappa shape index (κ1) is 57.3. The Kier molecular flexibility index (Phi) is 19.6. The van der Waals surface area contributed by atoms with Gasteiger partial charge in [0.05, 0.1) is 48.0 Å². The maximum Gasteiger partial charge on any atom is 0.253 e. The molecule has 0 radical (unpaired) electrons. The lowest BCUT2D eigenvalue weighted by molar-refractivity contribution is -0.144. The lowest BCUT2D eigenvalue weighted by Gasteiger charge is -2.37. The number of rotatable bonds is 22. The van der Waals surface area contributed by atoms with Crippen molar-refractivity contribution in [3.63, 3.8) is 0 Å². The molecule has 17 nitrogen and oxygen atoms in total. The zero-order valence-corrected chi connectivity index (χ0v) is 46.2. The van der Waals surface area contributed by atoms with Gasteiger partial charge in [-0.3, -0.25) is 24.0 Å². The molecule has 2 saturated heterocycles. The second-order valence-electron chi connectivity index (χ2n) is 20.8. The molecule has 2 aliphatic rings. The number of pyridine rings is 1. The number of aryl methyl sites for hydroxylation is 3. The van der Waals surface area contributed by atoms with Crippen LogP contribution in [0, 0.1) is 33.1 Å². The standard InChI is InChI=1S/C58H75N7O10S/c1-10-64(44-19-21-72-22-20-44)49-29-43(28-47(37(49)4)54(68)59-31-48-35(2)27-36(3)61-55(48)69)41-15-17-46(18-16-41)75-26-25-73-23-24-74-33-51(67)63-53(58(7,8)9)57(71)65-32-45(66)30-50(65)56(70)62-38(5)40-11-13-42(14-12-40)52-39(6)60-34-76-52/h11-18,27-29,34,38,44-45,50,53,66H,10,19-26,30-33H2,1-9H3,(H,59,68)(H,61,69)(H,62,70)(H,63,67)/t38?,45-,50+,53?/m1/s1. The molecular formula is C58H75N7O10S. The first-order valence-corrected chi connectivity index (χ1v) is 27.1. The summed E-state index contributed by atoms with van der Waals surface area (Å²) in [5.74, 6) is -0.964. The number of thiazole rings is 1. The number of carbonyl (C=O) groups is 4. The van der Waals surface area contributed by atoms with E-state index in [0.717, 1.165) is 74.7 Å². The highest BCUT2D eigenvalue weighted by Gasteiger charge is 2.45. The van der Waals surface area contributed by atoms with Gasteiger partial charge in [-0.25, -0.2) is 4.98 Å². The maximum absolute atomic E-state index is 14.1. The van der Waals surface area contributed by atoms with Crippen molar-refractivity contribution in [2.75, 3.05) is 64.2 Å². The molecule has 0 aliphatic carbocycles. The Hall–Kier alpha value is -6.44. The monoisotopic (exact) mass is 1060 g/mol. The summed E-state index contributed by atoms with van der Waals surface area (Å²) in [5.41, 5.74) is 10.0. The van der Waals surface area contributed by atoms with Crippen molar-refractivity contribution in [2.24, 2.45) is 5.41 Å². The Balaban J connectivity index is 0.874. The van der Waals surface area contributed by atoms with Gasteiger partial charge >= 0.3 is 0 Å². The van der Waals surface area contributed by atoms with Gasteiger partial charge in [0.25, 0.3) is 11.5 Å². The number of H-pyrrole nitrogens is 1. The number of aromatic nitrogens is 2. The van der Waals surface area contributed by atoms with Crippen molar-refractivity contribution < 1.29 is 43.2 Å². The summed E-state index contributed by atoms with van der Waals surface area (Å²) in [6.07, 6.45) is 0.963. The van der Waals surface area contributed by atoms with Crippen LogP contribution in [-0.2, 0) is 35.1 Å². The number of ether oxygens (including phenoxy) is 4. The number of anilines is 1. The van der Waals surface area contributed by atoms with Crippen LogP contribution in [0.1, 0.15) is 104 Å². The van der Waals surface area contributed by atoms with Crippen LogP contribution in [0.2, 0.25) is 0 Å². The van der Waals surface area contributed by atoms with Gasteiger partial charge in [0.2, 0.25) is 17.7 Å². The lowest BCUT2D eigenvalue weighted by atomic mass is 9.85. The first-order valence-electron chi connectivity index (χ1n) is 26.3. The van der Waals surface area contributed by atoms with Crippen LogP contribution in [0.3, 0.4) is 0 Å². The van der Waals surface area contributed by atoms with Crippen molar-refractivity contribution in [3.8, 4) is 27.3 Å². The third kappa shape index (κ3) is 14.5. The van der Waals surface area contributed by atoms with E-state index in [1.165, 1.54) is 4.90 Å². The number of likely N-dealkylation sites (tertiary alicyclic amines) is 1. The van der Waals surface area contributed by atoms with Gasteiger partial charge < -0.3 is 54.8 Å². The predicted octanol–water partition coefficient (Wildman–Crippen LogP) is 7.12. The van der Waals surface area contributed by atoms with Gasteiger partial charge in [0, 0.05) is 67.8 Å². The first-order chi connectivity index (χ1) is 36.3. The van der Waals surface area contributed by atoms with E-state index in [4.69, 9.17) is 18.9 Å². The average Bonchev–Trinajstić information content (AvgIpc) is 4.02. The largest absolute Gasteiger partial charge is 0.491 e. The molecule has 7 rings (SSSR count). The fraction of sp³-hybridized carbons (Fsp3) is 0.483.